The van der Waals surface area contributed by atoms with E-state index in [1.807, 2.05) is 6.92 Å². The summed E-state index contributed by atoms with van der Waals surface area (Å²) in [5.41, 5.74) is 1.63. The number of carbonyl (C=O) groups is 1. The van der Waals surface area contributed by atoms with Crippen LogP contribution < -0.4 is 10.6 Å². The lowest BCUT2D eigenvalue weighted by atomic mass is 10.0. The molecule has 1 heterocycles. The highest BCUT2D eigenvalue weighted by Crippen LogP contribution is 2.18. The highest BCUT2D eigenvalue weighted by Gasteiger charge is 2.13. The fourth-order valence-electron chi connectivity index (χ4n) is 2.22. The minimum Gasteiger partial charge on any atom is -0.377 e. The van der Waals surface area contributed by atoms with Gasteiger partial charge in [-0.25, -0.2) is 19.2 Å². The monoisotopic (exact) mass is 318 g/mol. The second kappa shape index (κ2) is 7.64. The summed E-state index contributed by atoms with van der Waals surface area (Å²) in [5.74, 6) is 0.565. The molecular weight excluding hydrogens is 299 g/mol. The molecule has 0 saturated carbocycles. The predicted molar refractivity (Wildman–Crippen MR) is 84.5 cm³/mol. The molecule has 2 aromatic rings. The number of anilines is 1. The number of aryl methyl sites for hydroxylation is 1. The molecule has 2 N–H and O–H groups in total. The first-order chi connectivity index (χ1) is 11.0. The number of ether oxygens (including phenoxy) is 1. The Kier molecular flexibility index (Phi) is 5.59. The van der Waals surface area contributed by atoms with Crippen LogP contribution in [0.4, 0.5) is 15.0 Å². The number of amides is 2. The van der Waals surface area contributed by atoms with E-state index < -0.39 is 6.03 Å². The van der Waals surface area contributed by atoms with Crippen molar-refractivity contribution < 1.29 is 13.9 Å². The predicted octanol–water partition coefficient (Wildman–Crippen LogP) is 2.95. The Labute approximate surface area is 134 Å². The maximum absolute atomic E-state index is 13.1. The van der Waals surface area contributed by atoms with E-state index in [-0.39, 0.29) is 18.5 Å². The Morgan fingerprint density at radius 2 is 2.17 bits per heavy atom. The van der Waals surface area contributed by atoms with Crippen molar-refractivity contribution in [2.75, 3.05) is 12.4 Å². The SMILES string of the molecule is COCc1nccc(NC(=O)N[C@H](C)c2ccc(F)cc2C)n1. The Balaban J connectivity index is 2.00. The molecule has 0 unspecified atom stereocenters. The lowest BCUT2D eigenvalue weighted by Gasteiger charge is -2.17. The molecule has 0 aliphatic heterocycles. The van der Waals surface area contributed by atoms with Crippen LogP contribution >= 0.6 is 0 Å². The van der Waals surface area contributed by atoms with Crippen molar-refractivity contribution in [3.8, 4) is 0 Å². The van der Waals surface area contributed by atoms with Gasteiger partial charge in [-0.1, -0.05) is 6.07 Å². The minimum absolute atomic E-state index is 0.266. The number of hydrogen-bond donors (Lipinski definition) is 2. The second-order valence-corrected chi connectivity index (χ2v) is 5.11. The summed E-state index contributed by atoms with van der Waals surface area (Å²) < 4.78 is 18.1. The van der Waals surface area contributed by atoms with Gasteiger partial charge in [-0.3, -0.25) is 5.32 Å². The van der Waals surface area contributed by atoms with Crippen LogP contribution in [0.3, 0.4) is 0 Å². The average Bonchev–Trinajstić information content (AvgIpc) is 2.47. The van der Waals surface area contributed by atoms with Crippen LogP contribution in [0.15, 0.2) is 30.5 Å². The molecule has 0 bridgehead atoms. The fourth-order valence-corrected chi connectivity index (χ4v) is 2.22. The average molecular weight is 318 g/mol. The highest BCUT2D eigenvalue weighted by atomic mass is 19.1. The van der Waals surface area contributed by atoms with Crippen molar-refractivity contribution in [1.82, 2.24) is 15.3 Å². The van der Waals surface area contributed by atoms with Gasteiger partial charge in [0.25, 0.3) is 0 Å². The number of rotatable bonds is 5. The van der Waals surface area contributed by atoms with Crippen molar-refractivity contribution >= 4 is 11.8 Å². The zero-order valence-corrected chi connectivity index (χ0v) is 13.3. The highest BCUT2D eigenvalue weighted by molar-refractivity contribution is 5.88. The van der Waals surface area contributed by atoms with Crippen molar-refractivity contribution in [2.24, 2.45) is 0 Å². The lowest BCUT2D eigenvalue weighted by Crippen LogP contribution is -2.31. The summed E-state index contributed by atoms with van der Waals surface area (Å²) in [5, 5.41) is 5.43. The van der Waals surface area contributed by atoms with Gasteiger partial charge in [0.2, 0.25) is 0 Å². The summed E-state index contributed by atoms with van der Waals surface area (Å²) >= 11 is 0. The molecule has 0 fully saturated rings. The molecular formula is C16H19FN4O2. The van der Waals surface area contributed by atoms with Gasteiger partial charge >= 0.3 is 6.03 Å². The molecule has 23 heavy (non-hydrogen) atoms. The van der Waals surface area contributed by atoms with Gasteiger partial charge in [-0.05, 0) is 43.2 Å². The zero-order chi connectivity index (χ0) is 16.8. The lowest BCUT2D eigenvalue weighted by molar-refractivity contribution is 0.178. The minimum atomic E-state index is -0.400. The van der Waals surface area contributed by atoms with Crippen LogP contribution in [0.2, 0.25) is 0 Å². The molecule has 0 saturated heterocycles. The largest absolute Gasteiger partial charge is 0.377 e. The Morgan fingerprint density at radius 1 is 1.39 bits per heavy atom. The van der Waals surface area contributed by atoms with Crippen LogP contribution in [0, 0.1) is 12.7 Å². The Hall–Kier alpha value is -2.54. The zero-order valence-electron chi connectivity index (χ0n) is 13.3. The van der Waals surface area contributed by atoms with Crippen LogP contribution in [0.1, 0.15) is 29.9 Å². The summed E-state index contributed by atoms with van der Waals surface area (Å²) in [6, 6.07) is 5.40. The summed E-state index contributed by atoms with van der Waals surface area (Å²) in [4.78, 5) is 20.2. The van der Waals surface area contributed by atoms with E-state index in [9.17, 15) is 9.18 Å². The van der Waals surface area contributed by atoms with E-state index in [0.717, 1.165) is 11.1 Å². The second-order valence-electron chi connectivity index (χ2n) is 5.11. The summed E-state index contributed by atoms with van der Waals surface area (Å²) in [7, 11) is 1.54. The van der Waals surface area contributed by atoms with Crippen molar-refractivity contribution in [1.29, 1.82) is 0 Å². The van der Waals surface area contributed by atoms with Crippen LogP contribution in [0.25, 0.3) is 0 Å². The van der Waals surface area contributed by atoms with E-state index in [1.165, 1.54) is 12.1 Å². The molecule has 0 aliphatic rings. The molecule has 6 nitrogen and oxygen atoms in total. The number of urea groups is 1. The molecule has 0 radical (unpaired) electrons. The van der Waals surface area contributed by atoms with E-state index >= 15 is 0 Å². The third-order valence-electron chi connectivity index (χ3n) is 3.27. The summed E-state index contributed by atoms with van der Waals surface area (Å²) in [6.45, 7) is 3.90. The molecule has 1 aromatic carbocycles. The molecule has 0 spiro atoms. The number of methoxy groups -OCH3 is 1. The van der Waals surface area contributed by atoms with Crippen LogP contribution in [0.5, 0.6) is 0 Å². The maximum atomic E-state index is 13.1. The van der Waals surface area contributed by atoms with E-state index in [2.05, 4.69) is 20.6 Å². The van der Waals surface area contributed by atoms with E-state index in [0.29, 0.717) is 11.6 Å². The first-order valence-corrected chi connectivity index (χ1v) is 7.14. The summed E-state index contributed by atoms with van der Waals surface area (Å²) in [6.07, 6.45) is 1.55. The first kappa shape index (κ1) is 16.8. The van der Waals surface area contributed by atoms with E-state index in [4.69, 9.17) is 4.74 Å². The van der Waals surface area contributed by atoms with Gasteiger partial charge in [0.1, 0.15) is 18.2 Å². The van der Waals surface area contributed by atoms with Crippen molar-refractivity contribution in [3.05, 3.63) is 53.2 Å². The molecule has 1 aromatic heterocycles. The van der Waals surface area contributed by atoms with Gasteiger partial charge in [-0.15, -0.1) is 0 Å². The number of nitrogens with one attached hydrogen (secondary N) is 2. The third-order valence-corrected chi connectivity index (χ3v) is 3.27. The van der Waals surface area contributed by atoms with Gasteiger partial charge in [-0.2, -0.15) is 0 Å². The molecule has 2 rings (SSSR count). The van der Waals surface area contributed by atoms with Crippen LogP contribution in [-0.2, 0) is 11.3 Å². The maximum Gasteiger partial charge on any atom is 0.320 e. The van der Waals surface area contributed by atoms with Crippen molar-refractivity contribution in [3.63, 3.8) is 0 Å². The van der Waals surface area contributed by atoms with Gasteiger partial charge in [0, 0.05) is 13.3 Å². The molecule has 122 valence electrons. The quantitative estimate of drug-likeness (QED) is 0.888. The fraction of sp³-hybridized carbons (Fsp3) is 0.312. The normalized spacial score (nSPS) is 11.8. The molecule has 1 atom stereocenters. The Morgan fingerprint density at radius 3 is 2.87 bits per heavy atom. The van der Waals surface area contributed by atoms with Crippen molar-refractivity contribution in [2.45, 2.75) is 26.5 Å². The number of nitrogens with zero attached hydrogens (tertiary/aromatic N) is 2. The Bertz CT molecular complexity index is 694. The number of benzene rings is 1. The number of hydrogen-bond acceptors (Lipinski definition) is 4. The van der Waals surface area contributed by atoms with E-state index in [1.54, 1.807) is 32.4 Å². The third kappa shape index (κ3) is 4.72. The van der Waals surface area contributed by atoms with Gasteiger partial charge < -0.3 is 10.1 Å². The number of carbonyl (C=O) groups excluding carboxylic acids is 1. The topological polar surface area (TPSA) is 76.1 Å². The van der Waals surface area contributed by atoms with Gasteiger partial charge in [0.15, 0.2) is 5.82 Å². The van der Waals surface area contributed by atoms with Crippen LogP contribution in [-0.4, -0.2) is 23.1 Å². The smallest absolute Gasteiger partial charge is 0.320 e. The molecule has 0 aliphatic carbocycles. The molecule has 2 amide bonds. The first-order valence-electron chi connectivity index (χ1n) is 7.14. The number of halogens is 1. The molecule has 7 heteroatoms. The number of aromatic nitrogens is 2. The standard InChI is InChI=1S/C16H19FN4O2/c1-10-8-12(17)4-5-13(10)11(2)19-16(22)21-14-6-7-18-15(20-14)9-23-3/h4-8,11H,9H2,1-3H3,(H2,18,19,20,21,22)/t11-/m1/s1. The van der Waals surface area contributed by atoms with Gasteiger partial charge in [0.05, 0.1) is 6.04 Å².